The molecular formula is C14H21N3O3. The summed E-state index contributed by atoms with van der Waals surface area (Å²) in [6, 6.07) is 7.29. The lowest BCUT2D eigenvalue weighted by molar-refractivity contribution is -0.120. The topological polar surface area (TPSA) is 70.7 Å². The Hall–Kier alpha value is -2.08. The minimum absolute atomic E-state index is 0.143. The number of amides is 3. The third kappa shape index (κ3) is 6.19. The van der Waals surface area contributed by atoms with Gasteiger partial charge in [0, 0.05) is 13.6 Å². The number of carbonyl (C=O) groups is 2. The number of nitrogens with zero attached hydrogens (tertiary/aromatic N) is 1. The van der Waals surface area contributed by atoms with E-state index in [2.05, 4.69) is 10.6 Å². The molecule has 0 spiro atoms. The van der Waals surface area contributed by atoms with Crippen LogP contribution in [0.4, 0.5) is 4.79 Å². The molecule has 0 aliphatic heterocycles. The summed E-state index contributed by atoms with van der Waals surface area (Å²) in [6.45, 7) is 3.22. The van der Waals surface area contributed by atoms with E-state index in [-0.39, 0.29) is 12.5 Å². The third-order valence-corrected chi connectivity index (χ3v) is 2.62. The van der Waals surface area contributed by atoms with Crippen LogP contribution in [0.3, 0.4) is 0 Å². The van der Waals surface area contributed by atoms with Crippen molar-refractivity contribution in [3.8, 4) is 5.75 Å². The lowest BCUT2D eigenvalue weighted by Crippen LogP contribution is -2.43. The fraction of sp³-hybridized carbons (Fsp3) is 0.429. The molecule has 110 valence electrons. The van der Waals surface area contributed by atoms with E-state index in [1.54, 1.807) is 11.9 Å². The van der Waals surface area contributed by atoms with Crippen molar-refractivity contribution in [2.24, 2.45) is 0 Å². The zero-order valence-electron chi connectivity index (χ0n) is 12.1. The Labute approximate surface area is 119 Å². The van der Waals surface area contributed by atoms with Gasteiger partial charge < -0.3 is 10.1 Å². The first-order valence-corrected chi connectivity index (χ1v) is 6.41. The van der Waals surface area contributed by atoms with Crippen molar-refractivity contribution < 1.29 is 14.3 Å². The van der Waals surface area contributed by atoms with Gasteiger partial charge >= 0.3 is 6.03 Å². The van der Waals surface area contributed by atoms with Gasteiger partial charge in [0.05, 0.1) is 6.54 Å². The molecule has 0 aliphatic carbocycles. The maximum absolute atomic E-state index is 11.4. The molecule has 0 radical (unpaired) electrons. The van der Waals surface area contributed by atoms with Gasteiger partial charge in [-0.05, 0) is 31.7 Å². The Morgan fingerprint density at radius 3 is 2.75 bits per heavy atom. The molecule has 0 atom stereocenters. The van der Waals surface area contributed by atoms with E-state index in [4.69, 9.17) is 4.74 Å². The normalized spacial score (nSPS) is 10.2. The lowest BCUT2D eigenvalue weighted by Gasteiger charge is -2.16. The number of hydrogen-bond acceptors (Lipinski definition) is 4. The van der Waals surface area contributed by atoms with E-state index in [1.165, 1.54) is 7.05 Å². The molecule has 0 saturated carbocycles. The van der Waals surface area contributed by atoms with Gasteiger partial charge in [0.1, 0.15) is 12.4 Å². The number of aryl methyl sites for hydroxylation is 1. The highest BCUT2D eigenvalue weighted by molar-refractivity contribution is 5.95. The SMILES string of the molecule is CNC(=O)NC(=O)CN(C)CCOc1cccc(C)c1. The standard InChI is InChI=1S/C14H21N3O3/c1-11-5-4-6-12(9-11)20-8-7-17(3)10-13(18)16-14(19)15-2/h4-6,9H,7-8,10H2,1-3H3,(H2,15,16,18,19). The number of imide groups is 1. The lowest BCUT2D eigenvalue weighted by atomic mass is 10.2. The monoisotopic (exact) mass is 279 g/mol. The molecule has 0 heterocycles. The molecule has 0 fully saturated rings. The Bertz CT molecular complexity index is 463. The van der Waals surface area contributed by atoms with E-state index < -0.39 is 6.03 Å². The maximum Gasteiger partial charge on any atom is 0.321 e. The Morgan fingerprint density at radius 2 is 2.10 bits per heavy atom. The predicted molar refractivity (Wildman–Crippen MR) is 76.8 cm³/mol. The maximum atomic E-state index is 11.4. The van der Waals surface area contributed by atoms with Gasteiger partial charge in [-0.15, -0.1) is 0 Å². The fourth-order valence-corrected chi connectivity index (χ4v) is 1.58. The van der Waals surface area contributed by atoms with Crippen LogP contribution >= 0.6 is 0 Å². The van der Waals surface area contributed by atoms with E-state index in [9.17, 15) is 9.59 Å². The summed E-state index contributed by atoms with van der Waals surface area (Å²) in [6.07, 6.45) is 0. The zero-order chi connectivity index (χ0) is 15.0. The van der Waals surface area contributed by atoms with Gasteiger partial charge in [-0.25, -0.2) is 4.79 Å². The van der Waals surface area contributed by atoms with Crippen molar-refractivity contribution in [1.82, 2.24) is 15.5 Å². The molecule has 0 saturated heterocycles. The smallest absolute Gasteiger partial charge is 0.321 e. The summed E-state index contributed by atoms with van der Waals surface area (Å²) in [5, 5.41) is 4.53. The molecule has 0 aliphatic rings. The molecule has 6 heteroatoms. The van der Waals surface area contributed by atoms with Gasteiger partial charge in [0.2, 0.25) is 5.91 Å². The summed E-state index contributed by atoms with van der Waals surface area (Å²) in [5.74, 6) is 0.468. The third-order valence-electron chi connectivity index (χ3n) is 2.62. The fourth-order valence-electron chi connectivity index (χ4n) is 1.58. The second-order valence-corrected chi connectivity index (χ2v) is 4.53. The quantitative estimate of drug-likeness (QED) is 0.806. The molecule has 0 unspecified atom stereocenters. The van der Waals surface area contributed by atoms with E-state index in [1.807, 2.05) is 31.2 Å². The summed E-state index contributed by atoms with van der Waals surface area (Å²) < 4.78 is 5.59. The van der Waals surface area contributed by atoms with Crippen LogP contribution in [0.5, 0.6) is 5.75 Å². The van der Waals surface area contributed by atoms with Crippen LogP contribution in [0.25, 0.3) is 0 Å². The number of urea groups is 1. The Morgan fingerprint density at radius 1 is 1.35 bits per heavy atom. The predicted octanol–water partition coefficient (Wildman–Crippen LogP) is 0.761. The Balaban J connectivity index is 2.24. The van der Waals surface area contributed by atoms with Gasteiger partial charge in [-0.1, -0.05) is 12.1 Å². The van der Waals surface area contributed by atoms with Crippen LogP contribution < -0.4 is 15.4 Å². The number of hydrogen-bond donors (Lipinski definition) is 2. The van der Waals surface area contributed by atoms with Crippen LogP contribution in [0.15, 0.2) is 24.3 Å². The zero-order valence-corrected chi connectivity index (χ0v) is 12.1. The van der Waals surface area contributed by atoms with Gasteiger partial charge in [0.25, 0.3) is 0 Å². The minimum atomic E-state index is -0.501. The highest BCUT2D eigenvalue weighted by Gasteiger charge is 2.09. The second-order valence-electron chi connectivity index (χ2n) is 4.53. The first kappa shape index (κ1) is 16.0. The van der Waals surface area contributed by atoms with Crippen LogP contribution in [0, 0.1) is 6.92 Å². The van der Waals surface area contributed by atoms with Crippen molar-refractivity contribution in [2.75, 3.05) is 33.8 Å². The average Bonchev–Trinajstić information content (AvgIpc) is 2.38. The van der Waals surface area contributed by atoms with Crippen molar-refractivity contribution in [3.05, 3.63) is 29.8 Å². The molecule has 6 nitrogen and oxygen atoms in total. The summed E-state index contributed by atoms with van der Waals surface area (Å²) in [5.41, 5.74) is 1.14. The number of nitrogens with one attached hydrogen (secondary N) is 2. The van der Waals surface area contributed by atoms with Crippen molar-refractivity contribution >= 4 is 11.9 Å². The van der Waals surface area contributed by atoms with Crippen molar-refractivity contribution in [3.63, 3.8) is 0 Å². The number of ether oxygens (including phenoxy) is 1. The highest BCUT2D eigenvalue weighted by Crippen LogP contribution is 2.11. The molecular weight excluding hydrogens is 258 g/mol. The van der Waals surface area contributed by atoms with Crippen molar-refractivity contribution in [2.45, 2.75) is 6.92 Å². The molecule has 2 N–H and O–H groups in total. The van der Waals surface area contributed by atoms with Crippen LogP contribution in [0.1, 0.15) is 5.56 Å². The number of rotatable bonds is 6. The molecule has 20 heavy (non-hydrogen) atoms. The molecule has 3 amide bonds. The molecule has 1 aromatic carbocycles. The number of benzene rings is 1. The minimum Gasteiger partial charge on any atom is -0.492 e. The van der Waals surface area contributed by atoms with Crippen molar-refractivity contribution in [1.29, 1.82) is 0 Å². The molecule has 1 aromatic rings. The average molecular weight is 279 g/mol. The first-order chi connectivity index (χ1) is 9.51. The molecule has 0 bridgehead atoms. The van der Waals surface area contributed by atoms with Gasteiger partial charge in [-0.2, -0.15) is 0 Å². The summed E-state index contributed by atoms with van der Waals surface area (Å²) >= 11 is 0. The number of carbonyl (C=O) groups excluding carboxylic acids is 2. The van der Waals surface area contributed by atoms with Crippen LogP contribution in [-0.2, 0) is 4.79 Å². The highest BCUT2D eigenvalue weighted by atomic mass is 16.5. The first-order valence-electron chi connectivity index (χ1n) is 6.41. The summed E-state index contributed by atoms with van der Waals surface area (Å²) in [7, 11) is 3.26. The largest absolute Gasteiger partial charge is 0.492 e. The van der Waals surface area contributed by atoms with Gasteiger partial charge in [0.15, 0.2) is 0 Å². The van der Waals surface area contributed by atoms with Crippen LogP contribution in [-0.4, -0.2) is 50.6 Å². The van der Waals surface area contributed by atoms with Gasteiger partial charge in [-0.3, -0.25) is 15.0 Å². The van der Waals surface area contributed by atoms with E-state index in [0.717, 1.165) is 11.3 Å². The van der Waals surface area contributed by atoms with E-state index in [0.29, 0.717) is 13.2 Å². The second kappa shape index (κ2) is 8.16. The molecule has 0 aromatic heterocycles. The Kier molecular flexibility index (Phi) is 6.52. The van der Waals surface area contributed by atoms with E-state index >= 15 is 0 Å². The molecule has 1 rings (SSSR count). The summed E-state index contributed by atoms with van der Waals surface area (Å²) in [4.78, 5) is 24.2. The van der Waals surface area contributed by atoms with Crippen LogP contribution in [0.2, 0.25) is 0 Å². The number of likely N-dealkylation sites (N-methyl/N-ethyl adjacent to an activating group) is 1.